The highest BCUT2D eigenvalue weighted by Crippen LogP contribution is 2.39. The summed E-state index contributed by atoms with van der Waals surface area (Å²) in [6.45, 7) is 0.939. The summed E-state index contributed by atoms with van der Waals surface area (Å²) < 4.78 is 16.0. The second-order valence-electron chi connectivity index (χ2n) is 6.57. The molecule has 1 atom stereocenters. The summed E-state index contributed by atoms with van der Waals surface area (Å²) in [7, 11) is 4.47. The Hall–Kier alpha value is -2.99. The van der Waals surface area contributed by atoms with Crippen molar-refractivity contribution in [3.05, 3.63) is 58.8 Å². The summed E-state index contributed by atoms with van der Waals surface area (Å²) >= 11 is 0. The Bertz CT molecular complexity index is 1010. The number of nitrogens with one attached hydrogen (secondary N) is 1. The molecule has 3 aromatic rings. The normalized spacial score (nSPS) is 16.0. The fourth-order valence-electron chi connectivity index (χ4n) is 4.06. The van der Waals surface area contributed by atoms with E-state index in [2.05, 4.69) is 28.5 Å². The molecule has 0 radical (unpaired) electrons. The van der Waals surface area contributed by atoms with Crippen molar-refractivity contribution in [3.63, 3.8) is 0 Å². The van der Waals surface area contributed by atoms with Gasteiger partial charge in [0.25, 0.3) is 0 Å². The molecule has 0 saturated carbocycles. The van der Waals surface area contributed by atoms with E-state index in [1.807, 2.05) is 18.2 Å². The Morgan fingerprint density at radius 3 is 2.67 bits per heavy atom. The van der Waals surface area contributed by atoms with Crippen LogP contribution >= 0.6 is 0 Å². The minimum atomic E-state index is -0.433. The number of para-hydroxylation sites is 1. The summed E-state index contributed by atoms with van der Waals surface area (Å²) in [5.41, 5.74) is 4.81. The van der Waals surface area contributed by atoms with Crippen LogP contribution in [0.5, 0.6) is 11.5 Å². The molecule has 2 aromatic carbocycles. The van der Waals surface area contributed by atoms with Crippen LogP contribution in [0.3, 0.4) is 0 Å². The second-order valence-corrected chi connectivity index (χ2v) is 6.57. The van der Waals surface area contributed by atoms with Gasteiger partial charge in [0.1, 0.15) is 5.56 Å². The van der Waals surface area contributed by atoms with Crippen molar-refractivity contribution in [1.29, 1.82) is 0 Å². The van der Waals surface area contributed by atoms with Gasteiger partial charge in [0.15, 0.2) is 17.5 Å². The largest absolute Gasteiger partial charge is 0.493 e. The highest BCUT2D eigenvalue weighted by Gasteiger charge is 2.34. The van der Waals surface area contributed by atoms with E-state index in [0.717, 1.165) is 29.7 Å². The predicted molar refractivity (Wildman–Crippen MR) is 102 cm³/mol. The summed E-state index contributed by atoms with van der Waals surface area (Å²) in [4.78, 5) is 16.2. The third kappa shape index (κ3) is 2.73. The van der Waals surface area contributed by atoms with E-state index in [9.17, 15) is 4.79 Å². The molecule has 1 aliphatic rings. The number of H-pyrrole nitrogens is 1. The summed E-state index contributed by atoms with van der Waals surface area (Å²) in [5.74, 6) is 0.477. The number of rotatable bonds is 4. The van der Waals surface area contributed by atoms with Gasteiger partial charge in [0, 0.05) is 22.9 Å². The number of hydrogen-bond donors (Lipinski definition) is 2. The van der Waals surface area contributed by atoms with E-state index in [0.29, 0.717) is 17.1 Å². The highest BCUT2D eigenvalue weighted by atomic mass is 16.5. The maximum Gasteiger partial charge on any atom is 0.342 e. The summed E-state index contributed by atoms with van der Waals surface area (Å²) in [6.07, 6.45) is 0.983. The van der Waals surface area contributed by atoms with Crippen molar-refractivity contribution in [2.75, 3.05) is 27.9 Å². The van der Waals surface area contributed by atoms with E-state index in [4.69, 9.17) is 14.2 Å². The molecule has 140 valence electrons. The van der Waals surface area contributed by atoms with E-state index in [1.165, 1.54) is 25.2 Å². The first-order chi connectivity index (χ1) is 13.2. The smallest absolute Gasteiger partial charge is 0.342 e. The molecular weight excluding hydrogens is 344 g/mol. The Balaban J connectivity index is 1.94. The lowest BCUT2D eigenvalue weighted by Gasteiger charge is -2.24. The van der Waals surface area contributed by atoms with Gasteiger partial charge in [-0.1, -0.05) is 18.2 Å². The van der Waals surface area contributed by atoms with Gasteiger partial charge >= 0.3 is 5.97 Å². The van der Waals surface area contributed by atoms with Crippen molar-refractivity contribution in [2.45, 2.75) is 12.5 Å². The molecule has 6 heteroatoms. The minimum Gasteiger partial charge on any atom is -0.493 e. The minimum absolute atomic E-state index is 0.0462. The van der Waals surface area contributed by atoms with E-state index < -0.39 is 5.97 Å². The zero-order chi connectivity index (χ0) is 19.0. The molecule has 0 saturated heterocycles. The van der Waals surface area contributed by atoms with Crippen LogP contribution in [-0.2, 0) is 11.2 Å². The van der Waals surface area contributed by atoms with Crippen LogP contribution in [-0.4, -0.2) is 38.8 Å². The average molecular weight is 367 g/mol. The number of carbonyl (C=O) groups excluding carboxylic acids is 1. The number of benzene rings is 2. The van der Waals surface area contributed by atoms with Gasteiger partial charge in [0.2, 0.25) is 0 Å². The first-order valence-electron chi connectivity index (χ1n) is 8.95. The monoisotopic (exact) mass is 367 g/mol. The van der Waals surface area contributed by atoms with Crippen LogP contribution in [0.25, 0.3) is 10.9 Å². The molecule has 4 rings (SSSR count). The van der Waals surface area contributed by atoms with Gasteiger partial charge in [-0.15, -0.1) is 0 Å². The maximum absolute atomic E-state index is 12.6. The number of methoxy groups -OCH3 is 3. The SMILES string of the molecule is COC(=O)c1c(C2[NH2+]CCc3c2[nH]c2ccccc32)ccc(OC)c1OC. The van der Waals surface area contributed by atoms with Crippen molar-refractivity contribution in [1.82, 2.24) is 4.98 Å². The first kappa shape index (κ1) is 17.4. The standard InChI is InChI=1S/C21H22N2O4/c1-25-16-9-8-14(17(20(16)26-2)21(24)27-3)18-19-13(10-11-22-18)12-6-4-5-7-15(12)23-19/h4-9,18,22-23H,10-11H2,1-3H3/p+1. The van der Waals surface area contributed by atoms with Crippen LogP contribution in [0.4, 0.5) is 0 Å². The predicted octanol–water partition coefficient (Wildman–Crippen LogP) is 2.18. The van der Waals surface area contributed by atoms with E-state index in [-0.39, 0.29) is 6.04 Å². The number of fused-ring (bicyclic) bond motifs is 3. The molecule has 6 nitrogen and oxygen atoms in total. The van der Waals surface area contributed by atoms with Gasteiger partial charge in [-0.3, -0.25) is 0 Å². The second kappa shape index (κ2) is 6.96. The number of carbonyl (C=O) groups is 1. The van der Waals surface area contributed by atoms with Crippen molar-refractivity contribution >= 4 is 16.9 Å². The third-order valence-corrected chi connectivity index (χ3v) is 5.26. The molecule has 2 heterocycles. The fraction of sp³-hybridized carbons (Fsp3) is 0.286. The summed E-state index contributed by atoms with van der Waals surface area (Å²) in [5, 5.41) is 3.48. The highest BCUT2D eigenvalue weighted by molar-refractivity contribution is 5.96. The van der Waals surface area contributed by atoms with Gasteiger partial charge in [-0.25, -0.2) is 4.79 Å². The Morgan fingerprint density at radius 1 is 1.11 bits per heavy atom. The lowest BCUT2D eigenvalue weighted by Crippen LogP contribution is -2.87. The van der Waals surface area contributed by atoms with Crippen molar-refractivity contribution < 1.29 is 24.3 Å². The molecule has 0 bridgehead atoms. The molecule has 1 aromatic heterocycles. The number of hydrogen-bond acceptors (Lipinski definition) is 4. The average Bonchev–Trinajstić information content (AvgIpc) is 3.10. The lowest BCUT2D eigenvalue weighted by molar-refractivity contribution is -0.690. The van der Waals surface area contributed by atoms with Gasteiger partial charge < -0.3 is 24.5 Å². The number of nitrogens with two attached hydrogens (primary N) is 1. The Labute approximate surface area is 157 Å². The fourth-order valence-corrected chi connectivity index (χ4v) is 4.06. The maximum atomic E-state index is 12.6. The van der Waals surface area contributed by atoms with Crippen LogP contribution in [0, 0.1) is 0 Å². The summed E-state index contributed by atoms with van der Waals surface area (Å²) in [6, 6.07) is 12.0. The molecular formula is C21H23N2O4+. The molecule has 1 unspecified atom stereocenters. The molecule has 3 N–H and O–H groups in total. The first-order valence-corrected chi connectivity index (χ1v) is 8.95. The van der Waals surface area contributed by atoms with Gasteiger partial charge in [-0.2, -0.15) is 0 Å². The quantitative estimate of drug-likeness (QED) is 0.693. The third-order valence-electron chi connectivity index (χ3n) is 5.26. The number of quaternary nitrogens is 1. The molecule has 0 spiro atoms. The van der Waals surface area contributed by atoms with E-state index >= 15 is 0 Å². The van der Waals surface area contributed by atoms with E-state index in [1.54, 1.807) is 7.11 Å². The van der Waals surface area contributed by atoms with Crippen molar-refractivity contribution in [3.8, 4) is 11.5 Å². The van der Waals surface area contributed by atoms with Crippen LogP contribution in [0.2, 0.25) is 0 Å². The topological polar surface area (TPSA) is 77.2 Å². The number of aromatic amines is 1. The zero-order valence-electron chi connectivity index (χ0n) is 15.7. The number of aromatic nitrogens is 1. The lowest BCUT2D eigenvalue weighted by atomic mass is 9.91. The zero-order valence-corrected chi connectivity index (χ0v) is 15.7. The molecule has 1 aliphatic heterocycles. The van der Waals surface area contributed by atoms with Crippen LogP contribution < -0.4 is 14.8 Å². The number of esters is 1. The van der Waals surface area contributed by atoms with Crippen LogP contribution in [0.15, 0.2) is 36.4 Å². The van der Waals surface area contributed by atoms with Crippen molar-refractivity contribution in [2.24, 2.45) is 0 Å². The van der Waals surface area contributed by atoms with Crippen LogP contribution in [0.1, 0.15) is 33.2 Å². The molecule has 0 fully saturated rings. The number of ether oxygens (including phenoxy) is 3. The Morgan fingerprint density at radius 2 is 1.93 bits per heavy atom. The van der Waals surface area contributed by atoms with Gasteiger partial charge in [0.05, 0.1) is 33.6 Å². The van der Waals surface area contributed by atoms with Gasteiger partial charge in [-0.05, 0) is 23.8 Å². The molecule has 0 aliphatic carbocycles. The molecule has 27 heavy (non-hydrogen) atoms. The Kier molecular flexibility index (Phi) is 4.49. The molecule has 0 amide bonds.